The number of aliphatic hydroxyl groups is 1. The first-order chi connectivity index (χ1) is 27.3. The maximum absolute atomic E-state index is 9.52. The summed E-state index contributed by atoms with van der Waals surface area (Å²) in [7, 11) is 4.15. The van der Waals surface area contributed by atoms with Crippen molar-refractivity contribution in [2.45, 2.75) is 27.0 Å². The molecule has 0 radical (unpaired) electrons. The third kappa shape index (κ3) is 6.36. The van der Waals surface area contributed by atoms with E-state index in [0.717, 1.165) is 107 Å². The number of rotatable bonds is 7. The number of aromatic amines is 4. The van der Waals surface area contributed by atoms with Crippen molar-refractivity contribution in [1.82, 2.24) is 55.2 Å². The second kappa shape index (κ2) is 14.3. The molecular formula is C44H39N11O. The monoisotopic (exact) mass is 737 g/mol. The minimum Gasteiger partial charge on any atom is -0.392 e. The van der Waals surface area contributed by atoms with Crippen LogP contribution in [0.25, 0.3) is 89.2 Å². The molecule has 0 unspecified atom stereocenters. The van der Waals surface area contributed by atoms with E-state index in [9.17, 15) is 5.11 Å². The molecule has 5 N–H and O–H groups in total. The Morgan fingerprint density at radius 1 is 0.571 bits per heavy atom. The van der Waals surface area contributed by atoms with Crippen LogP contribution in [-0.4, -0.2) is 74.4 Å². The highest BCUT2D eigenvalue weighted by Gasteiger charge is 2.17. The molecule has 0 aliphatic carbocycles. The van der Waals surface area contributed by atoms with Gasteiger partial charge in [-0.1, -0.05) is 36.4 Å². The van der Waals surface area contributed by atoms with Gasteiger partial charge in [0.2, 0.25) is 0 Å². The summed E-state index contributed by atoms with van der Waals surface area (Å²) in [5.41, 5.74) is 16.0. The van der Waals surface area contributed by atoms with Gasteiger partial charge in [-0.2, -0.15) is 10.2 Å². The smallest absolute Gasteiger partial charge is 0.159 e. The van der Waals surface area contributed by atoms with Crippen LogP contribution in [0.5, 0.6) is 0 Å². The fourth-order valence-electron chi connectivity index (χ4n) is 7.23. The van der Waals surface area contributed by atoms with E-state index in [1.807, 2.05) is 86.2 Å². The summed E-state index contributed by atoms with van der Waals surface area (Å²) in [5, 5.41) is 26.8. The van der Waals surface area contributed by atoms with Gasteiger partial charge in [0.1, 0.15) is 11.4 Å². The van der Waals surface area contributed by atoms with Crippen molar-refractivity contribution in [3.05, 3.63) is 132 Å². The van der Waals surface area contributed by atoms with Crippen molar-refractivity contribution in [3.8, 4) is 45.3 Å². The molecule has 0 saturated heterocycles. The van der Waals surface area contributed by atoms with Crippen LogP contribution < -0.4 is 0 Å². The Bertz CT molecular complexity index is 2960. The van der Waals surface area contributed by atoms with Gasteiger partial charge in [0.25, 0.3) is 0 Å². The summed E-state index contributed by atoms with van der Waals surface area (Å²) >= 11 is 0. The average Bonchev–Trinajstić information content (AvgIpc) is 4.02. The Hall–Kier alpha value is -7.02. The Kier molecular flexibility index (Phi) is 8.88. The normalized spacial score (nSPS) is 11.6. The largest absolute Gasteiger partial charge is 0.392 e. The zero-order chi connectivity index (χ0) is 38.3. The van der Waals surface area contributed by atoms with Gasteiger partial charge >= 0.3 is 0 Å². The molecule has 12 heteroatoms. The lowest BCUT2D eigenvalue weighted by Gasteiger charge is -2.14. The second-order valence-corrected chi connectivity index (χ2v) is 14.2. The van der Waals surface area contributed by atoms with E-state index in [1.54, 1.807) is 6.20 Å². The standard InChI is InChI=1S/C23H22N6.C21H17N5O/c1-14-16(13-29(2)3)11-24-12-18(14)15-8-9-19-17(10-15)22(28-27-19)23-25-20-6-4-5-7-21(20)26-23;1-12-14(11-27)9-22-10-16(12)13-6-7-17-15(8-13)20(26-25-17)21-23-18-4-2-3-5-19(18)24-21/h4-12H,13H2,1-3H3,(H,25,26)(H,27,28);2-10,27H,11H2,1H3,(H,23,24)(H,25,26). The fourth-order valence-corrected chi connectivity index (χ4v) is 7.23. The summed E-state index contributed by atoms with van der Waals surface area (Å²) in [6, 6.07) is 28.4. The number of H-pyrrole nitrogens is 4. The number of hydrogen-bond acceptors (Lipinski definition) is 8. The predicted octanol–water partition coefficient (Wildman–Crippen LogP) is 8.51. The maximum atomic E-state index is 9.52. The molecule has 276 valence electrons. The number of hydrogen-bond donors (Lipinski definition) is 5. The van der Waals surface area contributed by atoms with E-state index in [2.05, 4.69) is 95.5 Å². The third-order valence-electron chi connectivity index (χ3n) is 10.3. The van der Waals surface area contributed by atoms with E-state index in [4.69, 9.17) is 4.98 Å². The first kappa shape index (κ1) is 34.7. The number of pyridine rings is 2. The Morgan fingerprint density at radius 2 is 1.05 bits per heavy atom. The highest BCUT2D eigenvalue weighted by molar-refractivity contribution is 5.97. The minimum atomic E-state index is -0.0230. The van der Waals surface area contributed by atoms with Crippen LogP contribution in [0, 0.1) is 13.8 Å². The quantitative estimate of drug-likeness (QED) is 0.109. The van der Waals surface area contributed by atoms with Gasteiger partial charge in [0, 0.05) is 53.2 Å². The first-order valence-corrected chi connectivity index (χ1v) is 18.3. The molecule has 6 aromatic heterocycles. The highest BCUT2D eigenvalue weighted by Crippen LogP contribution is 2.34. The summed E-state index contributed by atoms with van der Waals surface area (Å²) in [6.07, 6.45) is 7.43. The number of nitrogens with one attached hydrogen (secondary N) is 4. The van der Waals surface area contributed by atoms with Gasteiger partial charge in [0.15, 0.2) is 11.6 Å². The van der Waals surface area contributed by atoms with E-state index < -0.39 is 0 Å². The van der Waals surface area contributed by atoms with Gasteiger partial charge in [-0.25, -0.2) is 9.97 Å². The van der Waals surface area contributed by atoms with E-state index >= 15 is 0 Å². The SMILES string of the molecule is Cc1c(CN(C)C)cncc1-c1ccc2[nH]nc(-c3nc4ccccc4[nH]3)c2c1.Cc1c(CO)cncc1-c1ccc2[nH]nc(-c3nc4ccccc4[nH]3)c2c1. The lowest BCUT2D eigenvalue weighted by Crippen LogP contribution is -2.12. The summed E-state index contributed by atoms with van der Waals surface area (Å²) in [4.78, 5) is 27.0. The molecule has 0 bridgehead atoms. The molecule has 10 rings (SSSR count). The fraction of sp³-hybridized carbons (Fsp3) is 0.136. The lowest BCUT2D eigenvalue weighted by atomic mass is 9.97. The molecular weight excluding hydrogens is 699 g/mol. The summed E-state index contributed by atoms with van der Waals surface area (Å²) in [5.74, 6) is 1.50. The zero-order valence-electron chi connectivity index (χ0n) is 31.4. The Labute approximate surface area is 321 Å². The van der Waals surface area contributed by atoms with Gasteiger partial charge in [-0.05, 0) is 110 Å². The number of aromatic nitrogens is 10. The van der Waals surface area contributed by atoms with Crippen LogP contribution in [0.2, 0.25) is 0 Å². The molecule has 0 saturated carbocycles. The highest BCUT2D eigenvalue weighted by atomic mass is 16.3. The van der Waals surface area contributed by atoms with E-state index in [0.29, 0.717) is 0 Å². The Balaban J connectivity index is 0.000000147. The van der Waals surface area contributed by atoms with E-state index in [-0.39, 0.29) is 6.61 Å². The van der Waals surface area contributed by atoms with Gasteiger partial charge in [0.05, 0.1) is 39.7 Å². The number of aliphatic hydroxyl groups excluding tert-OH is 1. The van der Waals surface area contributed by atoms with Crippen molar-refractivity contribution >= 4 is 43.9 Å². The molecule has 0 aliphatic heterocycles. The minimum absolute atomic E-state index is 0.0230. The number of para-hydroxylation sites is 4. The molecule has 12 nitrogen and oxygen atoms in total. The van der Waals surface area contributed by atoms with E-state index in [1.165, 1.54) is 11.1 Å². The van der Waals surface area contributed by atoms with Crippen molar-refractivity contribution in [2.24, 2.45) is 0 Å². The lowest BCUT2D eigenvalue weighted by molar-refractivity contribution is 0.280. The van der Waals surface area contributed by atoms with Gasteiger partial charge < -0.3 is 20.0 Å². The molecule has 56 heavy (non-hydrogen) atoms. The molecule has 0 fully saturated rings. The van der Waals surface area contributed by atoms with Crippen molar-refractivity contribution < 1.29 is 5.11 Å². The van der Waals surface area contributed by atoms with Crippen LogP contribution in [0.3, 0.4) is 0 Å². The maximum Gasteiger partial charge on any atom is 0.159 e. The van der Waals surface area contributed by atoms with Crippen LogP contribution in [0.4, 0.5) is 0 Å². The zero-order valence-corrected chi connectivity index (χ0v) is 31.4. The van der Waals surface area contributed by atoms with Crippen molar-refractivity contribution in [1.29, 1.82) is 0 Å². The van der Waals surface area contributed by atoms with Crippen LogP contribution >= 0.6 is 0 Å². The second-order valence-electron chi connectivity index (χ2n) is 14.2. The Morgan fingerprint density at radius 3 is 1.54 bits per heavy atom. The molecule has 0 amide bonds. The summed E-state index contributed by atoms with van der Waals surface area (Å²) < 4.78 is 0. The van der Waals surface area contributed by atoms with Gasteiger partial charge in [-0.3, -0.25) is 20.2 Å². The van der Waals surface area contributed by atoms with Crippen LogP contribution in [0.15, 0.2) is 110 Å². The predicted molar refractivity (Wildman–Crippen MR) is 222 cm³/mol. The molecule has 0 atom stereocenters. The number of imidazole rings is 2. The molecule has 0 spiro atoms. The first-order valence-electron chi connectivity index (χ1n) is 18.3. The molecule has 4 aromatic carbocycles. The van der Waals surface area contributed by atoms with Gasteiger partial charge in [-0.15, -0.1) is 0 Å². The van der Waals surface area contributed by atoms with Crippen LogP contribution in [-0.2, 0) is 13.2 Å². The molecule has 6 heterocycles. The molecule has 10 aromatic rings. The number of nitrogens with zero attached hydrogens (tertiary/aromatic N) is 7. The van der Waals surface area contributed by atoms with Crippen LogP contribution in [0.1, 0.15) is 22.3 Å². The number of fused-ring (bicyclic) bond motifs is 4. The number of benzene rings is 4. The molecule has 0 aliphatic rings. The summed E-state index contributed by atoms with van der Waals surface area (Å²) in [6.45, 7) is 5.01. The third-order valence-corrected chi connectivity index (χ3v) is 10.3. The average molecular weight is 738 g/mol. The topological polar surface area (TPSA) is 164 Å². The van der Waals surface area contributed by atoms with Crippen molar-refractivity contribution in [2.75, 3.05) is 14.1 Å². The van der Waals surface area contributed by atoms with Crippen molar-refractivity contribution in [3.63, 3.8) is 0 Å².